The first-order valence-corrected chi connectivity index (χ1v) is 10.6. The van der Waals surface area contributed by atoms with Gasteiger partial charge in [0, 0.05) is 43.1 Å². The lowest BCUT2D eigenvalue weighted by molar-refractivity contribution is 0.0534. The summed E-state index contributed by atoms with van der Waals surface area (Å²) in [5.74, 6) is 0.0432. The first-order chi connectivity index (χ1) is 13.7. The van der Waals surface area contributed by atoms with Crippen molar-refractivity contribution in [3.63, 3.8) is 0 Å². The molecule has 5 rings (SSSR count). The predicted molar refractivity (Wildman–Crippen MR) is 109 cm³/mol. The minimum atomic E-state index is -0.0177. The maximum Gasteiger partial charge on any atom is 0.274 e. The molecule has 1 saturated heterocycles. The second kappa shape index (κ2) is 7.05. The summed E-state index contributed by atoms with van der Waals surface area (Å²) in [6.45, 7) is 3.13. The van der Waals surface area contributed by atoms with Gasteiger partial charge in [-0.3, -0.25) is 14.3 Å². The molecular formula is C21H22N4O2S. The van der Waals surface area contributed by atoms with Gasteiger partial charge in [0.15, 0.2) is 5.69 Å². The van der Waals surface area contributed by atoms with Gasteiger partial charge in [0.05, 0.1) is 4.88 Å². The van der Waals surface area contributed by atoms with Crippen LogP contribution in [0.2, 0.25) is 0 Å². The topological polar surface area (TPSA) is 58.4 Å². The molecule has 2 amide bonds. The van der Waals surface area contributed by atoms with Crippen molar-refractivity contribution in [2.24, 2.45) is 0 Å². The molecule has 7 heteroatoms. The molecule has 6 nitrogen and oxygen atoms in total. The third-order valence-corrected chi connectivity index (χ3v) is 6.73. The maximum absolute atomic E-state index is 12.9. The van der Waals surface area contributed by atoms with Crippen LogP contribution in [0.5, 0.6) is 0 Å². The third kappa shape index (κ3) is 3.09. The van der Waals surface area contributed by atoms with Crippen LogP contribution < -0.4 is 0 Å². The van der Waals surface area contributed by atoms with Crippen molar-refractivity contribution in [1.82, 2.24) is 19.6 Å². The fourth-order valence-corrected chi connectivity index (χ4v) is 5.07. The quantitative estimate of drug-likeness (QED) is 0.671. The van der Waals surface area contributed by atoms with Crippen molar-refractivity contribution >= 4 is 33.2 Å². The Hall–Kier alpha value is -2.67. The SMILES string of the molecule is O=C(c1cc2n(n1)CCCC2)N1CCN(C(=O)c2cc3ccccc3s2)CC1. The molecule has 0 saturated carbocycles. The smallest absolute Gasteiger partial charge is 0.274 e. The molecule has 3 aromatic rings. The van der Waals surface area contributed by atoms with Gasteiger partial charge in [-0.15, -0.1) is 11.3 Å². The van der Waals surface area contributed by atoms with E-state index in [-0.39, 0.29) is 11.8 Å². The second-order valence-electron chi connectivity index (χ2n) is 7.43. The van der Waals surface area contributed by atoms with E-state index >= 15 is 0 Å². The van der Waals surface area contributed by atoms with Crippen LogP contribution in [0.4, 0.5) is 0 Å². The van der Waals surface area contributed by atoms with Crippen molar-refractivity contribution in [3.05, 3.63) is 52.7 Å². The molecular weight excluding hydrogens is 372 g/mol. The number of fused-ring (bicyclic) bond motifs is 2. The lowest BCUT2D eigenvalue weighted by atomic mass is 10.1. The molecule has 0 spiro atoms. The van der Waals surface area contributed by atoms with Crippen LogP contribution in [-0.2, 0) is 13.0 Å². The minimum absolute atomic E-state index is 0.0177. The van der Waals surface area contributed by atoms with E-state index in [1.165, 1.54) is 11.3 Å². The first kappa shape index (κ1) is 17.4. The average Bonchev–Trinajstić information content (AvgIpc) is 3.37. The summed E-state index contributed by atoms with van der Waals surface area (Å²) in [7, 11) is 0. The molecule has 0 aliphatic carbocycles. The van der Waals surface area contributed by atoms with Crippen LogP contribution in [0.25, 0.3) is 10.1 Å². The van der Waals surface area contributed by atoms with Crippen LogP contribution in [0.1, 0.15) is 38.7 Å². The van der Waals surface area contributed by atoms with Gasteiger partial charge in [-0.05, 0) is 42.8 Å². The minimum Gasteiger partial charge on any atom is -0.334 e. The summed E-state index contributed by atoms with van der Waals surface area (Å²) in [5.41, 5.74) is 1.70. The van der Waals surface area contributed by atoms with Gasteiger partial charge in [-0.1, -0.05) is 18.2 Å². The van der Waals surface area contributed by atoms with E-state index in [1.54, 1.807) is 0 Å². The summed E-state index contributed by atoms with van der Waals surface area (Å²) < 4.78 is 3.10. The van der Waals surface area contributed by atoms with Crippen molar-refractivity contribution < 1.29 is 9.59 Å². The molecule has 144 valence electrons. The number of nitrogens with zero attached hydrogens (tertiary/aromatic N) is 4. The van der Waals surface area contributed by atoms with Gasteiger partial charge in [-0.25, -0.2) is 0 Å². The summed E-state index contributed by atoms with van der Waals surface area (Å²) >= 11 is 1.53. The predicted octanol–water partition coefficient (Wildman–Crippen LogP) is 3.03. The van der Waals surface area contributed by atoms with E-state index in [2.05, 4.69) is 5.10 Å². The van der Waals surface area contributed by atoms with Crippen molar-refractivity contribution in [1.29, 1.82) is 0 Å². The highest BCUT2D eigenvalue weighted by atomic mass is 32.1. The Kier molecular flexibility index (Phi) is 4.39. The number of aryl methyl sites for hydroxylation is 2. The number of carbonyl (C=O) groups excluding carboxylic acids is 2. The lowest BCUT2D eigenvalue weighted by Crippen LogP contribution is -2.50. The molecule has 2 aliphatic rings. The van der Waals surface area contributed by atoms with Gasteiger partial charge in [0.1, 0.15) is 0 Å². The van der Waals surface area contributed by atoms with E-state index in [4.69, 9.17) is 0 Å². The zero-order valence-corrected chi connectivity index (χ0v) is 16.5. The van der Waals surface area contributed by atoms with E-state index in [0.717, 1.165) is 46.5 Å². The van der Waals surface area contributed by atoms with Crippen LogP contribution in [0.15, 0.2) is 36.4 Å². The van der Waals surface area contributed by atoms with E-state index in [1.807, 2.05) is 50.9 Å². The second-order valence-corrected chi connectivity index (χ2v) is 8.52. The Bertz CT molecular complexity index is 989. The summed E-state index contributed by atoms with van der Waals surface area (Å²) in [6.07, 6.45) is 3.29. The number of piperazine rings is 1. The number of aromatic nitrogens is 2. The number of hydrogen-bond acceptors (Lipinski definition) is 4. The van der Waals surface area contributed by atoms with Gasteiger partial charge < -0.3 is 9.80 Å². The highest BCUT2D eigenvalue weighted by Crippen LogP contribution is 2.26. The third-order valence-electron chi connectivity index (χ3n) is 5.63. The molecule has 4 heterocycles. The van der Waals surface area contributed by atoms with Crippen molar-refractivity contribution in [2.75, 3.05) is 26.2 Å². The number of hydrogen-bond donors (Lipinski definition) is 0. The standard InChI is InChI=1S/C21H22N4O2S/c26-20(17-14-16-6-3-4-8-25(16)22-17)23-9-11-24(12-10-23)21(27)19-13-15-5-1-2-7-18(15)28-19/h1-2,5,7,13-14H,3-4,6,8-12H2. The molecule has 2 aliphatic heterocycles. The molecule has 1 aromatic carbocycles. The Morgan fingerprint density at radius 3 is 2.39 bits per heavy atom. The largest absolute Gasteiger partial charge is 0.334 e. The Morgan fingerprint density at radius 1 is 0.893 bits per heavy atom. The average molecular weight is 395 g/mol. The zero-order chi connectivity index (χ0) is 19.1. The Labute approximate surface area is 167 Å². The van der Waals surface area contributed by atoms with Crippen molar-refractivity contribution in [2.45, 2.75) is 25.8 Å². The first-order valence-electron chi connectivity index (χ1n) is 9.83. The molecule has 1 fully saturated rings. The fraction of sp³-hybridized carbons (Fsp3) is 0.381. The van der Waals surface area contributed by atoms with Crippen LogP contribution >= 0.6 is 11.3 Å². The van der Waals surface area contributed by atoms with Crippen LogP contribution in [-0.4, -0.2) is 57.6 Å². The summed E-state index contributed by atoms with van der Waals surface area (Å²) in [4.78, 5) is 30.1. The van der Waals surface area contributed by atoms with Gasteiger partial charge >= 0.3 is 0 Å². The summed E-state index contributed by atoms with van der Waals surface area (Å²) in [6, 6.07) is 12.0. The monoisotopic (exact) mass is 394 g/mol. The van der Waals surface area contributed by atoms with Crippen molar-refractivity contribution in [3.8, 4) is 0 Å². The molecule has 0 bridgehead atoms. The molecule has 0 unspecified atom stereocenters. The van der Waals surface area contributed by atoms with E-state index in [0.29, 0.717) is 31.9 Å². The normalized spacial score (nSPS) is 17.0. The molecule has 0 atom stereocenters. The maximum atomic E-state index is 12.9. The number of benzene rings is 1. The number of carbonyl (C=O) groups is 2. The van der Waals surface area contributed by atoms with E-state index in [9.17, 15) is 9.59 Å². The van der Waals surface area contributed by atoms with Crippen LogP contribution in [0.3, 0.4) is 0 Å². The number of amides is 2. The zero-order valence-electron chi connectivity index (χ0n) is 15.6. The number of thiophene rings is 1. The molecule has 0 N–H and O–H groups in total. The molecule has 0 radical (unpaired) electrons. The fourth-order valence-electron chi connectivity index (χ4n) is 4.04. The van der Waals surface area contributed by atoms with Gasteiger partial charge in [0.25, 0.3) is 11.8 Å². The number of rotatable bonds is 2. The van der Waals surface area contributed by atoms with Gasteiger partial charge in [-0.2, -0.15) is 5.10 Å². The highest BCUT2D eigenvalue weighted by molar-refractivity contribution is 7.20. The van der Waals surface area contributed by atoms with Gasteiger partial charge in [0.2, 0.25) is 0 Å². The molecule has 2 aromatic heterocycles. The molecule has 28 heavy (non-hydrogen) atoms. The summed E-state index contributed by atoms with van der Waals surface area (Å²) in [5, 5.41) is 5.60. The highest BCUT2D eigenvalue weighted by Gasteiger charge is 2.28. The van der Waals surface area contributed by atoms with Crippen LogP contribution in [0, 0.1) is 0 Å². The Morgan fingerprint density at radius 2 is 1.64 bits per heavy atom. The Balaban J connectivity index is 1.25. The lowest BCUT2D eigenvalue weighted by Gasteiger charge is -2.34. The van der Waals surface area contributed by atoms with E-state index < -0.39 is 0 Å².